The lowest BCUT2D eigenvalue weighted by Gasteiger charge is -2.33. The van der Waals surface area contributed by atoms with E-state index in [1.54, 1.807) is 35.2 Å². The molecule has 0 radical (unpaired) electrons. The lowest BCUT2D eigenvalue weighted by molar-refractivity contribution is -0.128. The van der Waals surface area contributed by atoms with Gasteiger partial charge in [-0.2, -0.15) is 0 Å². The third kappa shape index (κ3) is 3.16. The number of nitrogens with zero attached hydrogens (tertiary/aromatic N) is 2. The minimum atomic E-state index is -0.576. The minimum absolute atomic E-state index is 0.175. The Hall–Kier alpha value is -3.21. The van der Waals surface area contributed by atoms with E-state index < -0.39 is 11.9 Å². The molecular weight excluding hydrogens is 340 g/mol. The summed E-state index contributed by atoms with van der Waals surface area (Å²) in [6, 6.07) is 15.7. The van der Waals surface area contributed by atoms with E-state index in [1.807, 2.05) is 30.3 Å². The number of fused-ring (bicyclic) bond motifs is 2. The molecule has 27 heavy (non-hydrogen) atoms. The summed E-state index contributed by atoms with van der Waals surface area (Å²) in [5, 5.41) is 0. The van der Waals surface area contributed by atoms with Gasteiger partial charge in [-0.25, -0.2) is 4.90 Å². The van der Waals surface area contributed by atoms with E-state index in [0.29, 0.717) is 24.2 Å². The summed E-state index contributed by atoms with van der Waals surface area (Å²) in [5.41, 5.74) is 1.64. The number of carbonyl (C=O) groups excluding carboxylic acids is 3. The van der Waals surface area contributed by atoms with Gasteiger partial charge < -0.3 is 4.90 Å². The largest absolute Gasteiger partial charge is 0.327 e. The molecule has 0 aromatic heterocycles. The highest BCUT2D eigenvalue weighted by molar-refractivity contribution is 6.25. The van der Waals surface area contributed by atoms with Gasteiger partial charge in [-0.15, -0.1) is 0 Å². The SMILES string of the molecule is O=C(/C=C/c1ccccc1)N1C(=O)[C@H]2CCCCN2C(=O)c2ccccc21. The molecule has 2 aliphatic rings. The number of anilines is 1. The smallest absolute Gasteiger partial charge is 0.257 e. The first kappa shape index (κ1) is 17.2. The maximum Gasteiger partial charge on any atom is 0.257 e. The van der Waals surface area contributed by atoms with Gasteiger partial charge in [-0.05, 0) is 43.0 Å². The van der Waals surface area contributed by atoms with Crippen LogP contribution in [0.25, 0.3) is 6.08 Å². The zero-order valence-corrected chi connectivity index (χ0v) is 14.9. The van der Waals surface area contributed by atoms with Gasteiger partial charge in [0, 0.05) is 12.6 Å². The summed E-state index contributed by atoms with van der Waals surface area (Å²) in [4.78, 5) is 42.0. The molecule has 0 saturated carbocycles. The molecule has 2 aliphatic heterocycles. The second-order valence-corrected chi connectivity index (χ2v) is 6.78. The Kier molecular flexibility index (Phi) is 4.59. The average Bonchev–Trinajstić information content (AvgIpc) is 2.81. The van der Waals surface area contributed by atoms with Crippen LogP contribution in [0.5, 0.6) is 0 Å². The quantitative estimate of drug-likeness (QED) is 0.773. The van der Waals surface area contributed by atoms with E-state index in [1.165, 1.54) is 11.0 Å². The van der Waals surface area contributed by atoms with Crippen molar-refractivity contribution in [3.8, 4) is 0 Å². The number of piperidine rings is 1. The molecular formula is C22H20N2O3. The lowest BCUT2D eigenvalue weighted by atomic mass is 10.0. The summed E-state index contributed by atoms with van der Waals surface area (Å²) >= 11 is 0. The Labute approximate surface area is 157 Å². The van der Waals surface area contributed by atoms with Crippen molar-refractivity contribution in [1.82, 2.24) is 4.90 Å². The monoisotopic (exact) mass is 360 g/mol. The molecule has 4 rings (SSSR count). The zero-order chi connectivity index (χ0) is 18.8. The highest BCUT2D eigenvalue weighted by atomic mass is 16.2. The molecule has 1 atom stereocenters. The van der Waals surface area contributed by atoms with Crippen LogP contribution in [-0.2, 0) is 9.59 Å². The van der Waals surface area contributed by atoms with Crippen molar-refractivity contribution in [3.05, 3.63) is 71.8 Å². The average molecular weight is 360 g/mol. The fourth-order valence-electron chi connectivity index (χ4n) is 3.74. The van der Waals surface area contributed by atoms with Crippen LogP contribution >= 0.6 is 0 Å². The summed E-state index contributed by atoms with van der Waals surface area (Å²) < 4.78 is 0. The third-order valence-corrected chi connectivity index (χ3v) is 5.08. The van der Waals surface area contributed by atoms with Gasteiger partial charge in [0.15, 0.2) is 0 Å². The Bertz CT molecular complexity index is 920. The van der Waals surface area contributed by atoms with Crippen LogP contribution in [0.1, 0.15) is 35.2 Å². The molecule has 0 bridgehead atoms. The molecule has 2 heterocycles. The van der Waals surface area contributed by atoms with Gasteiger partial charge in [0.25, 0.3) is 17.7 Å². The van der Waals surface area contributed by atoms with Crippen molar-refractivity contribution in [2.45, 2.75) is 25.3 Å². The molecule has 5 heteroatoms. The first-order valence-electron chi connectivity index (χ1n) is 9.18. The van der Waals surface area contributed by atoms with E-state index in [0.717, 1.165) is 18.4 Å². The van der Waals surface area contributed by atoms with Crippen molar-refractivity contribution < 1.29 is 14.4 Å². The number of hydrogen-bond acceptors (Lipinski definition) is 3. The Morgan fingerprint density at radius 2 is 1.70 bits per heavy atom. The maximum absolute atomic E-state index is 13.2. The van der Waals surface area contributed by atoms with Crippen LogP contribution in [-0.4, -0.2) is 35.2 Å². The fourth-order valence-corrected chi connectivity index (χ4v) is 3.74. The Balaban J connectivity index is 1.74. The molecule has 5 nitrogen and oxygen atoms in total. The van der Waals surface area contributed by atoms with Crippen LogP contribution in [0.15, 0.2) is 60.7 Å². The molecule has 2 aromatic rings. The highest BCUT2D eigenvalue weighted by Crippen LogP contribution is 2.32. The fraction of sp³-hybridized carbons (Fsp3) is 0.227. The first-order chi connectivity index (χ1) is 13.2. The topological polar surface area (TPSA) is 57.7 Å². The minimum Gasteiger partial charge on any atom is -0.327 e. The van der Waals surface area contributed by atoms with Crippen LogP contribution in [0, 0.1) is 0 Å². The van der Waals surface area contributed by atoms with Gasteiger partial charge in [0.05, 0.1) is 11.3 Å². The summed E-state index contributed by atoms with van der Waals surface area (Å²) in [6.07, 6.45) is 5.42. The second-order valence-electron chi connectivity index (χ2n) is 6.78. The second kappa shape index (κ2) is 7.19. The van der Waals surface area contributed by atoms with E-state index in [2.05, 4.69) is 0 Å². The lowest BCUT2D eigenvalue weighted by Crippen LogP contribution is -2.51. The standard InChI is InChI=1S/C22H20N2O3/c25-20(14-13-16-8-2-1-3-9-16)24-18-11-5-4-10-17(18)21(26)23-15-7-6-12-19(23)22(24)27/h1-5,8-11,13-14,19H,6-7,12,15H2/b14-13+/t19-/m1/s1. The van der Waals surface area contributed by atoms with Gasteiger partial charge in [0.2, 0.25) is 0 Å². The van der Waals surface area contributed by atoms with Crippen molar-refractivity contribution in [2.75, 3.05) is 11.4 Å². The predicted molar refractivity (Wildman–Crippen MR) is 103 cm³/mol. The summed E-state index contributed by atoms with van der Waals surface area (Å²) in [6.45, 7) is 0.547. The molecule has 1 fully saturated rings. The zero-order valence-electron chi connectivity index (χ0n) is 14.9. The summed E-state index contributed by atoms with van der Waals surface area (Å²) in [5.74, 6) is -0.932. The van der Waals surface area contributed by atoms with E-state index in [9.17, 15) is 14.4 Å². The number of hydrogen-bond donors (Lipinski definition) is 0. The van der Waals surface area contributed by atoms with Gasteiger partial charge in [-0.1, -0.05) is 42.5 Å². The van der Waals surface area contributed by atoms with E-state index in [4.69, 9.17) is 0 Å². The molecule has 3 amide bonds. The van der Waals surface area contributed by atoms with Crippen LogP contribution in [0.3, 0.4) is 0 Å². The molecule has 0 N–H and O–H groups in total. The van der Waals surface area contributed by atoms with Crippen molar-refractivity contribution in [2.24, 2.45) is 0 Å². The number of imide groups is 1. The first-order valence-corrected chi connectivity index (χ1v) is 9.18. The van der Waals surface area contributed by atoms with E-state index in [-0.39, 0.29) is 11.8 Å². The normalized spacial score (nSPS) is 19.6. The van der Waals surface area contributed by atoms with Gasteiger partial charge >= 0.3 is 0 Å². The van der Waals surface area contributed by atoms with Crippen molar-refractivity contribution in [1.29, 1.82) is 0 Å². The maximum atomic E-state index is 13.2. The van der Waals surface area contributed by atoms with Crippen LogP contribution < -0.4 is 4.90 Å². The molecule has 136 valence electrons. The van der Waals surface area contributed by atoms with Gasteiger partial charge in [-0.3, -0.25) is 14.4 Å². The van der Waals surface area contributed by atoms with Crippen molar-refractivity contribution >= 4 is 29.5 Å². The Morgan fingerprint density at radius 3 is 2.52 bits per heavy atom. The van der Waals surface area contributed by atoms with Crippen LogP contribution in [0.4, 0.5) is 5.69 Å². The number of amides is 3. The number of benzene rings is 2. The highest BCUT2D eigenvalue weighted by Gasteiger charge is 2.42. The third-order valence-electron chi connectivity index (χ3n) is 5.08. The number of para-hydroxylation sites is 1. The predicted octanol–water partition coefficient (Wildman–Crippen LogP) is 3.27. The van der Waals surface area contributed by atoms with Gasteiger partial charge in [0.1, 0.15) is 6.04 Å². The molecule has 2 aromatic carbocycles. The molecule has 0 spiro atoms. The molecule has 0 unspecified atom stereocenters. The van der Waals surface area contributed by atoms with E-state index >= 15 is 0 Å². The van der Waals surface area contributed by atoms with Crippen LogP contribution in [0.2, 0.25) is 0 Å². The number of rotatable bonds is 2. The Morgan fingerprint density at radius 1 is 0.963 bits per heavy atom. The summed E-state index contributed by atoms with van der Waals surface area (Å²) in [7, 11) is 0. The molecule has 1 saturated heterocycles. The number of carbonyl (C=O) groups is 3. The molecule has 0 aliphatic carbocycles. The van der Waals surface area contributed by atoms with Crippen molar-refractivity contribution in [3.63, 3.8) is 0 Å².